The summed E-state index contributed by atoms with van der Waals surface area (Å²) in [6.07, 6.45) is 3.10. The number of benzene rings is 2. The highest BCUT2D eigenvalue weighted by Crippen LogP contribution is 2.44. The third-order valence-electron chi connectivity index (χ3n) is 7.94. The Hall–Kier alpha value is -3.35. The number of halogens is 1. The molecule has 0 saturated carbocycles. The lowest BCUT2D eigenvalue weighted by Crippen LogP contribution is -2.38. The number of rotatable bonds is 5. The number of pyridine rings is 1. The van der Waals surface area contributed by atoms with Gasteiger partial charge in [0, 0.05) is 42.0 Å². The topological polar surface area (TPSA) is 36.3 Å². The molecule has 0 aliphatic carbocycles. The molecule has 4 atom stereocenters. The van der Waals surface area contributed by atoms with Crippen LogP contribution in [0, 0.1) is 18.8 Å². The average Bonchev–Trinajstić information content (AvgIpc) is 3.48. The molecule has 0 unspecified atom stereocenters. The van der Waals surface area contributed by atoms with Crippen LogP contribution in [0.25, 0.3) is 5.69 Å². The van der Waals surface area contributed by atoms with Crippen LogP contribution in [-0.4, -0.2) is 27.8 Å². The van der Waals surface area contributed by atoms with Crippen molar-refractivity contribution in [1.29, 1.82) is 0 Å². The molecule has 2 aliphatic heterocycles. The fourth-order valence-electron chi connectivity index (χ4n) is 6.41. The quantitative estimate of drug-likeness (QED) is 0.258. The van der Waals surface area contributed by atoms with Gasteiger partial charge in [-0.2, -0.15) is 0 Å². The Kier molecular flexibility index (Phi) is 7.08. The molecule has 1 N–H and O–H groups in total. The summed E-state index contributed by atoms with van der Waals surface area (Å²) in [7, 11) is 0. The lowest BCUT2D eigenvalue weighted by atomic mass is 9.91. The van der Waals surface area contributed by atoms with E-state index in [1.54, 1.807) is 0 Å². The van der Waals surface area contributed by atoms with Gasteiger partial charge >= 0.3 is 0 Å². The first-order chi connectivity index (χ1) is 18.9. The number of nitrogens with zero attached hydrogens (tertiary/aromatic N) is 4. The number of anilines is 2. The van der Waals surface area contributed by atoms with Gasteiger partial charge < -0.3 is 19.7 Å². The maximum absolute atomic E-state index is 7.01. The maximum Gasteiger partial charge on any atom is 0.174 e. The van der Waals surface area contributed by atoms with E-state index in [2.05, 4.69) is 101 Å². The van der Waals surface area contributed by atoms with Crippen LogP contribution in [-0.2, 0) is 0 Å². The van der Waals surface area contributed by atoms with Crippen molar-refractivity contribution in [3.8, 4) is 5.69 Å². The molecule has 2 saturated heterocycles. The van der Waals surface area contributed by atoms with E-state index in [1.165, 1.54) is 6.42 Å². The summed E-state index contributed by atoms with van der Waals surface area (Å²) < 4.78 is 2.32. The Bertz CT molecular complexity index is 1460. The van der Waals surface area contributed by atoms with Gasteiger partial charge in [0.05, 0.1) is 22.4 Å². The largest absolute Gasteiger partial charge is 0.370 e. The van der Waals surface area contributed by atoms with Crippen molar-refractivity contribution in [2.75, 3.05) is 22.9 Å². The fourth-order valence-corrected chi connectivity index (χ4v) is 7.05. The Morgan fingerprint density at radius 3 is 2.33 bits per heavy atom. The van der Waals surface area contributed by atoms with E-state index >= 15 is 0 Å². The molecule has 39 heavy (non-hydrogen) atoms. The molecule has 200 valence electrons. The predicted molar refractivity (Wildman–Crippen MR) is 165 cm³/mol. The van der Waals surface area contributed by atoms with Gasteiger partial charge in [-0.25, -0.2) is 0 Å². The van der Waals surface area contributed by atoms with Gasteiger partial charge in [-0.15, -0.1) is 0 Å². The van der Waals surface area contributed by atoms with Crippen molar-refractivity contribution in [2.45, 2.75) is 39.3 Å². The Morgan fingerprint density at radius 2 is 1.64 bits per heavy atom. The van der Waals surface area contributed by atoms with E-state index in [4.69, 9.17) is 28.8 Å². The minimum absolute atomic E-state index is 0.127. The molecular formula is C32H34ClN5S. The summed E-state index contributed by atoms with van der Waals surface area (Å²) in [5, 5.41) is 5.01. The van der Waals surface area contributed by atoms with Crippen molar-refractivity contribution in [1.82, 2.24) is 14.9 Å². The summed E-state index contributed by atoms with van der Waals surface area (Å²) in [6.45, 7) is 8.85. The Labute approximate surface area is 241 Å². The second kappa shape index (κ2) is 10.7. The normalized spacial score (nSPS) is 23.2. The van der Waals surface area contributed by atoms with Crippen LogP contribution in [0.15, 0.2) is 85.1 Å². The third kappa shape index (κ3) is 4.92. The van der Waals surface area contributed by atoms with Crippen molar-refractivity contribution >= 4 is 40.3 Å². The first-order valence-corrected chi connectivity index (χ1v) is 14.5. The third-order valence-corrected chi connectivity index (χ3v) is 8.56. The number of aryl methyl sites for hydroxylation is 1. The summed E-state index contributed by atoms with van der Waals surface area (Å²) in [6, 6.07) is 27.0. The molecule has 0 radical (unpaired) electrons. The van der Waals surface area contributed by atoms with Crippen LogP contribution in [0.4, 0.5) is 11.4 Å². The highest BCUT2D eigenvalue weighted by molar-refractivity contribution is 7.80. The summed E-state index contributed by atoms with van der Waals surface area (Å²) in [4.78, 5) is 9.37. The second-order valence-corrected chi connectivity index (χ2v) is 11.8. The minimum atomic E-state index is -0.127. The zero-order valence-corrected chi connectivity index (χ0v) is 24.2. The number of thiocarbonyl (C=S) groups is 1. The van der Waals surface area contributed by atoms with Gasteiger partial charge in [0.25, 0.3) is 0 Å². The van der Waals surface area contributed by atoms with Gasteiger partial charge in [0.15, 0.2) is 5.11 Å². The number of hydrogen-bond acceptors (Lipinski definition) is 3. The summed E-state index contributed by atoms with van der Waals surface area (Å²) in [5.74, 6) is 1.30. The zero-order valence-electron chi connectivity index (χ0n) is 22.6. The zero-order chi connectivity index (χ0) is 27.1. The smallest absolute Gasteiger partial charge is 0.174 e. The number of aromatic nitrogens is 2. The van der Waals surface area contributed by atoms with E-state index in [9.17, 15) is 0 Å². The number of nitrogens with one attached hydrogen (secondary N) is 1. The van der Waals surface area contributed by atoms with Crippen LogP contribution in [0.5, 0.6) is 0 Å². The van der Waals surface area contributed by atoms with Crippen LogP contribution in [0.2, 0.25) is 5.02 Å². The lowest BCUT2D eigenvalue weighted by molar-refractivity contribution is 0.357. The Balaban J connectivity index is 1.44. The van der Waals surface area contributed by atoms with Crippen LogP contribution in [0.1, 0.15) is 49.4 Å². The predicted octanol–water partition coefficient (Wildman–Crippen LogP) is 7.49. The van der Waals surface area contributed by atoms with Gasteiger partial charge in [-0.1, -0.05) is 49.7 Å². The van der Waals surface area contributed by atoms with E-state index in [0.717, 1.165) is 52.3 Å². The number of hydrogen-bond donors (Lipinski definition) is 1. The molecule has 5 nitrogen and oxygen atoms in total. The van der Waals surface area contributed by atoms with Gasteiger partial charge in [0.1, 0.15) is 6.04 Å². The van der Waals surface area contributed by atoms with E-state index < -0.39 is 0 Å². The van der Waals surface area contributed by atoms with E-state index in [1.807, 2.05) is 24.4 Å². The second-order valence-electron chi connectivity index (χ2n) is 11.1. The highest BCUT2D eigenvalue weighted by Gasteiger charge is 2.42. The molecule has 0 amide bonds. The standard InChI is InChI=1S/C32H34ClN5S/c1-21-17-22(2)20-36(19-21)28-15-13-25(18-26(28)33)38-31(30(35-32(38)39)27-11-7-8-16-34-27)29-14-12-23(3)37(29)24-9-5-4-6-10-24/h4-16,18,21-22,30-31H,17,19-20H2,1-3H3,(H,35,39)/t21-,22+,30-,31+/m1/s1. The van der Waals surface area contributed by atoms with Gasteiger partial charge in [-0.05, 0) is 92.0 Å². The Morgan fingerprint density at radius 1 is 0.897 bits per heavy atom. The SMILES string of the molecule is Cc1ccc([C@H]2[C@@H](c3ccccn3)NC(=S)N2c2ccc(N3C[C@H](C)C[C@H](C)C3)c(Cl)c2)n1-c1ccccc1. The minimum Gasteiger partial charge on any atom is -0.370 e. The first-order valence-electron chi connectivity index (χ1n) is 13.7. The molecule has 2 fully saturated rings. The molecule has 4 aromatic rings. The molecule has 4 heterocycles. The number of para-hydroxylation sites is 1. The lowest BCUT2D eigenvalue weighted by Gasteiger charge is -2.37. The average molecular weight is 556 g/mol. The van der Waals surface area contributed by atoms with Crippen molar-refractivity contribution < 1.29 is 0 Å². The van der Waals surface area contributed by atoms with Crippen LogP contribution in [0.3, 0.4) is 0 Å². The summed E-state index contributed by atoms with van der Waals surface area (Å²) >= 11 is 13.0. The van der Waals surface area contributed by atoms with Crippen molar-refractivity contribution in [2.24, 2.45) is 11.8 Å². The molecular weight excluding hydrogens is 522 g/mol. The highest BCUT2D eigenvalue weighted by atomic mass is 35.5. The first kappa shape index (κ1) is 25.9. The maximum atomic E-state index is 7.01. The van der Waals surface area contributed by atoms with Gasteiger partial charge in [-0.3, -0.25) is 4.98 Å². The fraction of sp³-hybridized carbons (Fsp3) is 0.312. The van der Waals surface area contributed by atoms with Crippen LogP contribution >= 0.6 is 23.8 Å². The van der Waals surface area contributed by atoms with Crippen LogP contribution < -0.4 is 15.1 Å². The van der Waals surface area contributed by atoms with Crippen molar-refractivity contribution in [3.05, 3.63) is 107 Å². The molecule has 2 aromatic heterocycles. The van der Waals surface area contributed by atoms with E-state index in [0.29, 0.717) is 16.9 Å². The monoisotopic (exact) mass is 555 g/mol. The molecule has 6 rings (SSSR count). The molecule has 7 heteroatoms. The van der Waals surface area contributed by atoms with Crippen molar-refractivity contribution in [3.63, 3.8) is 0 Å². The van der Waals surface area contributed by atoms with Gasteiger partial charge in [0.2, 0.25) is 0 Å². The molecule has 0 bridgehead atoms. The molecule has 2 aromatic carbocycles. The molecule has 2 aliphatic rings. The summed E-state index contributed by atoms with van der Waals surface area (Å²) in [5.41, 5.74) is 6.44. The van der Waals surface area contributed by atoms with E-state index in [-0.39, 0.29) is 12.1 Å². The molecule has 0 spiro atoms. The number of piperidine rings is 1.